The number of carbonyl (C=O) groups excluding carboxylic acids is 1. The summed E-state index contributed by atoms with van der Waals surface area (Å²) in [4.78, 5) is 26.8. The number of halogens is 1. The Labute approximate surface area is 175 Å². The number of hydrogen-bond acceptors (Lipinski definition) is 5. The van der Waals surface area contributed by atoms with Crippen LogP contribution in [0.3, 0.4) is 0 Å². The Morgan fingerprint density at radius 3 is 2.69 bits per heavy atom. The summed E-state index contributed by atoms with van der Waals surface area (Å²) < 4.78 is 0. The Kier molecular flexibility index (Phi) is 9.49. The zero-order valence-corrected chi connectivity index (χ0v) is 18.6. The third-order valence-corrected chi connectivity index (χ3v) is 4.28. The zero-order valence-electron chi connectivity index (χ0n) is 15.4. The Bertz CT molecular complexity index is 731. The van der Waals surface area contributed by atoms with Crippen LogP contribution in [0.1, 0.15) is 22.7 Å². The Morgan fingerprint density at radius 1 is 1.35 bits per heavy atom. The van der Waals surface area contributed by atoms with Gasteiger partial charge in [0.05, 0.1) is 17.2 Å². The number of pyridine rings is 1. The van der Waals surface area contributed by atoms with Gasteiger partial charge in [-0.25, -0.2) is 9.97 Å². The minimum Gasteiger partial charge on any atom is -0.356 e. The van der Waals surface area contributed by atoms with E-state index >= 15 is 0 Å². The fourth-order valence-corrected chi connectivity index (χ4v) is 2.82. The predicted molar refractivity (Wildman–Crippen MR) is 117 cm³/mol. The van der Waals surface area contributed by atoms with Crippen LogP contribution < -0.4 is 10.6 Å². The molecule has 26 heavy (non-hydrogen) atoms. The second-order valence-corrected chi connectivity index (χ2v) is 6.77. The summed E-state index contributed by atoms with van der Waals surface area (Å²) in [6, 6.07) is 3.71. The molecule has 1 amide bonds. The van der Waals surface area contributed by atoms with E-state index in [0.717, 1.165) is 22.2 Å². The third kappa shape index (κ3) is 7.24. The fourth-order valence-electron chi connectivity index (χ4n) is 2.22. The van der Waals surface area contributed by atoms with E-state index in [1.54, 1.807) is 30.6 Å². The number of aryl methyl sites for hydroxylation is 2. The van der Waals surface area contributed by atoms with Gasteiger partial charge in [0, 0.05) is 38.6 Å². The van der Waals surface area contributed by atoms with Crippen LogP contribution in [0.2, 0.25) is 0 Å². The topological polar surface area (TPSA) is 82.5 Å². The van der Waals surface area contributed by atoms with Crippen molar-refractivity contribution in [2.45, 2.75) is 26.8 Å². The van der Waals surface area contributed by atoms with Crippen molar-refractivity contribution in [2.24, 2.45) is 4.99 Å². The average molecular weight is 488 g/mol. The summed E-state index contributed by atoms with van der Waals surface area (Å²) >= 11 is 1.63. The smallest absolute Gasteiger partial charge is 0.227 e. The summed E-state index contributed by atoms with van der Waals surface area (Å²) in [7, 11) is 3.67. The van der Waals surface area contributed by atoms with E-state index in [-0.39, 0.29) is 29.9 Å². The molecule has 0 saturated carbocycles. The van der Waals surface area contributed by atoms with E-state index in [0.29, 0.717) is 25.3 Å². The summed E-state index contributed by atoms with van der Waals surface area (Å²) in [6.45, 7) is 5.11. The number of anilines is 1. The average Bonchev–Trinajstić information content (AvgIpc) is 2.98. The van der Waals surface area contributed by atoms with Crippen molar-refractivity contribution >= 4 is 53.0 Å². The molecule has 9 heteroatoms. The lowest BCUT2D eigenvalue weighted by Gasteiger charge is -2.21. The van der Waals surface area contributed by atoms with Crippen molar-refractivity contribution in [3.05, 3.63) is 40.0 Å². The first-order chi connectivity index (χ1) is 12.0. The molecular weight excluding hydrogens is 463 g/mol. The number of aromatic nitrogens is 2. The zero-order chi connectivity index (χ0) is 18.2. The van der Waals surface area contributed by atoms with Gasteiger partial charge >= 0.3 is 0 Å². The number of carbonyl (C=O) groups is 1. The number of nitrogens with one attached hydrogen (secondary N) is 2. The van der Waals surface area contributed by atoms with Crippen molar-refractivity contribution in [1.29, 1.82) is 0 Å². The van der Waals surface area contributed by atoms with Gasteiger partial charge in [0.15, 0.2) is 5.96 Å². The van der Waals surface area contributed by atoms with Gasteiger partial charge in [-0.2, -0.15) is 0 Å². The molecule has 0 unspecified atom stereocenters. The Hall–Kier alpha value is -1.75. The normalized spacial score (nSPS) is 10.8. The third-order valence-electron chi connectivity index (χ3n) is 3.45. The lowest BCUT2D eigenvalue weighted by molar-refractivity contribution is -0.116. The van der Waals surface area contributed by atoms with Gasteiger partial charge in [0.25, 0.3) is 0 Å². The van der Waals surface area contributed by atoms with Gasteiger partial charge in [-0.1, -0.05) is 6.07 Å². The first kappa shape index (κ1) is 22.3. The SMILES string of the molecule is CN=C(NCCC(=O)Nc1ccc(C)cn1)N(C)Cc1csc(C)n1.I. The number of guanidine groups is 1. The van der Waals surface area contributed by atoms with Crippen molar-refractivity contribution in [3.8, 4) is 0 Å². The van der Waals surface area contributed by atoms with E-state index in [1.165, 1.54) is 0 Å². The summed E-state index contributed by atoms with van der Waals surface area (Å²) in [5.41, 5.74) is 2.07. The minimum atomic E-state index is -0.0860. The summed E-state index contributed by atoms with van der Waals surface area (Å²) in [5, 5.41) is 9.06. The lowest BCUT2D eigenvalue weighted by Crippen LogP contribution is -2.39. The molecule has 0 atom stereocenters. The molecule has 0 aliphatic carbocycles. The van der Waals surface area contributed by atoms with E-state index in [4.69, 9.17) is 0 Å². The van der Waals surface area contributed by atoms with Crippen LogP contribution in [0, 0.1) is 13.8 Å². The van der Waals surface area contributed by atoms with Crippen LogP contribution in [-0.2, 0) is 11.3 Å². The molecule has 7 nitrogen and oxygen atoms in total. The van der Waals surface area contributed by atoms with Gasteiger partial charge < -0.3 is 15.5 Å². The molecule has 0 aliphatic heterocycles. The first-order valence-corrected chi connectivity index (χ1v) is 8.91. The molecule has 2 aromatic heterocycles. The molecular formula is C17H25IN6OS. The monoisotopic (exact) mass is 488 g/mol. The second kappa shape index (κ2) is 11.1. The number of hydrogen-bond donors (Lipinski definition) is 2. The maximum absolute atomic E-state index is 12.0. The molecule has 0 aliphatic rings. The van der Waals surface area contributed by atoms with Crippen molar-refractivity contribution < 1.29 is 4.79 Å². The largest absolute Gasteiger partial charge is 0.356 e. The Balaban J connectivity index is 0.00000338. The number of amides is 1. The standard InChI is InChI=1S/C17H24N6OS.HI/c1-12-5-6-15(20-9-12)22-16(24)7-8-19-17(18-3)23(4)10-14-11-25-13(2)21-14;/h5-6,9,11H,7-8,10H2,1-4H3,(H,18,19)(H,20,22,24);1H. The predicted octanol–water partition coefficient (Wildman–Crippen LogP) is 2.81. The van der Waals surface area contributed by atoms with Gasteiger partial charge in [-0.3, -0.25) is 9.79 Å². The molecule has 0 radical (unpaired) electrons. The van der Waals surface area contributed by atoms with Crippen LogP contribution in [0.4, 0.5) is 5.82 Å². The van der Waals surface area contributed by atoms with Crippen molar-refractivity contribution in [3.63, 3.8) is 0 Å². The number of thiazole rings is 1. The van der Waals surface area contributed by atoms with Crippen LogP contribution in [0.15, 0.2) is 28.7 Å². The molecule has 0 spiro atoms. The molecule has 0 aromatic carbocycles. The van der Waals surface area contributed by atoms with Gasteiger partial charge in [-0.15, -0.1) is 35.3 Å². The second-order valence-electron chi connectivity index (χ2n) is 5.71. The molecule has 2 heterocycles. The highest BCUT2D eigenvalue weighted by molar-refractivity contribution is 14.0. The van der Waals surface area contributed by atoms with E-state index < -0.39 is 0 Å². The molecule has 0 bridgehead atoms. The quantitative estimate of drug-likeness (QED) is 0.371. The highest BCUT2D eigenvalue weighted by Crippen LogP contribution is 2.09. The first-order valence-electron chi connectivity index (χ1n) is 8.03. The molecule has 142 valence electrons. The van der Waals surface area contributed by atoms with E-state index in [2.05, 4.69) is 25.6 Å². The van der Waals surface area contributed by atoms with Gasteiger partial charge in [0.2, 0.25) is 5.91 Å². The van der Waals surface area contributed by atoms with Gasteiger partial charge in [0.1, 0.15) is 5.82 Å². The minimum absolute atomic E-state index is 0. The van der Waals surface area contributed by atoms with Crippen LogP contribution in [-0.4, -0.2) is 47.4 Å². The molecule has 2 aromatic rings. The van der Waals surface area contributed by atoms with Crippen LogP contribution in [0.5, 0.6) is 0 Å². The van der Waals surface area contributed by atoms with Crippen LogP contribution in [0.25, 0.3) is 0 Å². The van der Waals surface area contributed by atoms with Gasteiger partial charge in [-0.05, 0) is 25.5 Å². The highest BCUT2D eigenvalue weighted by Gasteiger charge is 2.09. The van der Waals surface area contributed by atoms with E-state index in [9.17, 15) is 4.79 Å². The maximum Gasteiger partial charge on any atom is 0.227 e. The molecule has 2 N–H and O–H groups in total. The summed E-state index contributed by atoms with van der Waals surface area (Å²) in [6.07, 6.45) is 2.06. The number of nitrogens with zero attached hydrogens (tertiary/aromatic N) is 4. The lowest BCUT2D eigenvalue weighted by atomic mass is 10.3. The number of rotatable bonds is 6. The molecule has 0 saturated heterocycles. The number of aliphatic imine (C=N–C) groups is 1. The maximum atomic E-state index is 12.0. The summed E-state index contributed by atoms with van der Waals surface area (Å²) in [5.74, 6) is 1.21. The highest BCUT2D eigenvalue weighted by atomic mass is 127. The van der Waals surface area contributed by atoms with Crippen LogP contribution >= 0.6 is 35.3 Å². The fraction of sp³-hybridized carbons (Fsp3) is 0.412. The van der Waals surface area contributed by atoms with E-state index in [1.807, 2.05) is 37.2 Å². The van der Waals surface area contributed by atoms with Crippen molar-refractivity contribution in [1.82, 2.24) is 20.2 Å². The van der Waals surface area contributed by atoms with Crippen molar-refractivity contribution in [2.75, 3.05) is 26.0 Å². The Morgan fingerprint density at radius 2 is 2.12 bits per heavy atom. The molecule has 0 fully saturated rings. The molecule has 2 rings (SSSR count).